The second kappa shape index (κ2) is 8.19. The Balaban J connectivity index is 1.57. The molecule has 1 fully saturated rings. The van der Waals surface area contributed by atoms with Crippen molar-refractivity contribution in [1.82, 2.24) is 24.4 Å². The number of piperidine rings is 1. The lowest BCUT2D eigenvalue weighted by molar-refractivity contribution is 0.198. The fourth-order valence-corrected chi connectivity index (χ4v) is 4.01. The summed E-state index contributed by atoms with van der Waals surface area (Å²) < 4.78 is 15.3. The van der Waals surface area contributed by atoms with E-state index < -0.39 is 0 Å². The zero-order valence-corrected chi connectivity index (χ0v) is 16.4. The highest BCUT2D eigenvalue weighted by molar-refractivity contribution is 5.33. The highest BCUT2D eigenvalue weighted by atomic mass is 19.1. The molecular weight excluding hydrogens is 353 g/mol. The normalized spacial score (nSPS) is 17.9. The Labute approximate surface area is 165 Å². The first-order valence-electron chi connectivity index (χ1n) is 9.93. The van der Waals surface area contributed by atoms with Crippen LogP contribution in [0, 0.1) is 5.82 Å². The van der Waals surface area contributed by atoms with Crippen LogP contribution in [0.1, 0.15) is 55.6 Å². The van der Waals surface area contributed by atoms with Gasteiger partial charge >= 0.3 is 0 Å². The second-order valence-corrected chi connectivity index (χ2v) is 7.78. The lowest BCUT2D eigenvalue weighted by atomic mass is 9.93. The third-order valence-corrected chi connectivity index (χ3v) is 5.33. The van der Waals surface area contributed by atoms with Gasteiger partial charge in [0, 0.05) is 49.7 Å². The van der Waals surface area contributed by atoms with E-state index in [1.54, 1.807) is 12.4 Å². The van der Waals surface area contributed by atoms with Gasteiger partial charge in [0.15, 0.2) is 5.82 Å². The summed E-state index contributed by atoms with van der Waals surface area (Å²) >= 11 is 0. The van der Waals surface area contributed by atoms with E-state index in [1.807, 2.05) is 24.5 Å². The zero-order valence-electron chi connectivity index (χ0n) is 16.4. The zero-order chi connectivity index (χ0) is 19.5. The topological polar surface area (TPSA) is 46.8 Å². The van der Waals surface area contributed by atoms with E-state index in [0.717, 1.165) is 55.4 Å². The Hall–Kier alpha value is -2.60. The molecular formula is C22H26FN5. The molecule has 5 nitrogen and oxygen atoms in total. The second-order valence-electron chi connectivity index (χ2n) is 7.78. The molecule has 1 atom stereocenters. The molecule has 1 saturated heterocycles. The summed E-state index contributed by atoms with van der Waals surface area (Å²) in [6.45, 7) is 7.08. The van der Waals surface area contributed by atoms with Gasteiger partial charge in [-0.15, -0.1) is 0 Å². The van der Waals surface area contributed by atoms with Gasteiger partial charge in [0.2, 0.25) is 0 Å². The van der Waals surface area contributed by atoms with Crippen LogP contribution < -0.4 is 0 Å². The Morgan fingerprint density at radius 1 is 1.07 bits per heavy atom. The number of benzene rings is 1. The van der Waals surface area contributed by atoms with Crippen molar-refractivity contribution in [1.29, 1.82) is 0 Å². The standard InChI is InChI=1S/C22H26FN5/c1-16(2)21-26-11-13-28(21)22-20(24-9-10-25-22)18-4-3-12-27(15-18)14-17-5-7-19(23)8-6-17/h5-11,13,16,18H,3-4,12,14-15H2,1-2H3. The van der Waals surface area contributed by atoms with Crippen LogP contribution in [0.4, 0.5) is 4.39 Å². The number of halogens is 1. The van der Waals surface area contributed by atoms with E-state index >= 15 is 0 Å². The Morgan fingerprint density at radius 3 is 2.64 bits per heavy atom. The molecule has 3 aromatic rings. The molecule has 1 aliphatic heterocycles. The van der Waals surface area contributed by atoms with Crippen molar-refractivity contribution in [2.24, 2.45) is 0 Å². The third kappa shape index (κ3) is 3.97. The van der Waals surface area contributed by atoms with Crippen molar-refractivity contribution in [3.05, 3.63) is 72.0 Å². The molecule has 1 aliphatic rings. The van der Waals surface area contributed by atoms with Gasteiger partial charge in [-0.3, -0.25) is 14.5 Å². The maximum atomic E-state index is 13.2. The lowest BCUT2D eigenvalue weighted by Crippen LogP contribution is -2.34. The fourth-order valence-electron chi connectivity index (χ4n) is 4.01. The summed E-state index contributed by atoms with van der Waals surface area (Å²) in [6, 6.07) is 6.80. The van der Waals surface area contributed by atoms with E-state index in [2.05, 4.69) is 33.3 Å². The summed E-state index contributed by atoms with van der Waals surface area (Å²) in [7, 11) is 0. The molecule has 0 spiro atoms. The summed E-state index contributed by atoms with van der Waals surface area (Å²) in [5.41, 5.74) is 2.17. The molecule has 0 bridgehead atoms. The molecule has 1 unspecified atom stereocenters. The lowest BCUT2D eigenvalue weighted by Gasteiger charge is -2.33. The quantitative estimate of drug-likeness (QED) is 0.663. The summed E-state index contributed by atoms with van der Waals surface area (Å²) in [6.07, 6.45) is 9.55. The van der Waals surface area contributed by atoms with Crippen molar-refractivity contribution in [3.8, 4) is 5.82 Å². The Morgan fingerprint density at radius 2 is 1.86 bits per heavy atom. The maximum absolute atomic E-state index is 13.2. The van der Waals surface area contributed by atoms with Crippen LogP contribution in [0.5, 0.6) is 0 Å². The van der Waals surface area contributed by atoms with Gasteiger partial charge in [-0.1, -0.05) is 26.0 Å². The van der Waals surface area contributed by atoms with Crippen molar-refractivity contribution in [2.45, 2.75) is 45.1 Å². The van der Waals surface area contributed by atoms with Gasteiger partial charge in [0.25, 0.3) is 0 Å². The molecule has 0 N–H and O–H groups in total. The first-order chi connectivity index (χ1) is 13.6. The average molecular weight is 379 g/mol. The van der Waals surface area contributed by atoms with E-state index in [4.69, 9.17) is 4.98 Å². The SMILES string of the molecule is CC(C)c1nccn1-c1nccnc1C1CCCN(Cc2ccc(F)cc2)C1. The number of hydrogen-bond donors (Lipinski definition) is 0. The van der Waals surface area contributed by atoms with E-state index in [0.29, 0.717) is 11.8 Å². The fraction of sp³-hybridized carbons (Fsp3) is 0.409. The smallest absolute Gasteiger partial charge is 0.160 e. The van der Waals surface area contributed by atoms with E-state index in [-0.39, 0.29) is 5.82 Å². The first kappa shape index (κ1) is 18.7. The summed E-state index contributed by atoms with van der Waals surface area (Å²) in [5, 5.41) is 0. The van der Waals surface area contributed by atoms with Gasteiger partial charge in [0.05, 0.1) is 5.69 Å². The largest absolute Gasteiger partial charge is 0.298 e. The predicted octanol–water partition coefficient (Wildman–Crippen LogP) is 4.30. The number of hydrogen-bond acceptors (Lipinski definition) is 4. The van der Waals surface area contributed by atoms with Gasteiger partial charge in [-0.2, -0.15) is 0 Å². The van der Waals surface area contributed by atoms with Crippen molar-refractivity contribution in [2.75, 3.05) is 13.1 Å². The number of imidazole rings is 1. The molecule has 0 radical (unpaired) electrons. The Kier molecular flexibility index (Phi) is 5.48. The van der Waals surface area contributed by atoms with Crippen LogP contribution in [-0.2, 0) is 6.54 Å². The average Bonchev–Trinajstić information content (AvgIpc) is 3.20. The van der Waals surface area contributed by atoms with E-state index in [1.165, 1.54) is 12.1 Å². The molecule has 146 valence electrons. The van der Waals surface area contributed by atoms with Crippen LogP contribution in [0.2, 0.25) is 0 Å². The van der Waals surface area contributed by atoms with Crippen molar-refractivity contribution >= 4 is 0 Å². The van der Waals surface area contributed by atoms with Crippen LogP contribution in [-0.4, -0.2) is 37.5 Å². The number of rotatable bonds is 5. The van der Waals surface area contributed by atoms with Gasteiger partial charge in [0.1, 0.15) is 11.6 Å². The molecule has 28 heavy (non-hydrogen) atoms. The minimum absolute atomic E-state index is 0.189. The van der Waals surface area contributed by atoms with Gasteiger partial charge < -0.3 is 0 Å². The molecule has 1 aromatic carbocycles. The van der Waals surface area contributed by atoms with Crippen LogP contribution in [0.3, 0.4) is 0 Å². The third-order valence-electron chi connectivity index (χ3n) is 5.33. The minimum Gasteiger partial charge on any atom is -0.298 e. The van der Waals surface area contributed by atoms with E-state index in [9.17, 15) is 4.39 Å². The molecule has 6 heteroatoms. The molecule has 4 rings (SSSR count). The minimum atomic E-state index is -0.189. The molecule has 2 aromatic heterocycles. The summed E-state index contributed by atoms with van der Waals surface area (Å²) in [4.78, 5) is 16.3. The van der Waals surface area contributed by atoms with Crippen molar-refractivity contribution < 1.29 is 4.39 Å². The monoisotopic (exact) mass is 379 g/mol. The van der Waals surface area contributed by atoms with Crippen molar-refractivity contribution in [3.63, 3.8) is 0 Å². The highest BCUT2D eigenvalue weighted by Crippen LogP contribution is 2.30. The maximum Gasteiger partial charge on any atom is 0.160 e. The Bertz CT molecular complexity index is 919. The predicted molar refractivity (Wildman–Crippen MR) is 107 cm³/mol. The number of nitrogens with zero attached hydrogens (tertiary/aromatic N) is 5. The molecule has 0 aliphatic carbocycles. The summed E-state index contributed by atoms with van der Waals surface area (Å²) in [5.74, 6) is 2.33. The number of likely N-dealkylation sites (tertiary alicyclic amines) is 1. The first-order valence-corrected chi connectivity index (χ1v) is 9.93. The van der Waals surface area contributed by atoms with Crippen LogP contribution >= 0.6 is 0 Å². The van der Waals surface area contributed by atoms with Crippen LogP contribution in [0.25, 0.3) is 5.82 Å². The molecule has 0 amide bonds. The van der Waals surface area contributed by atoms with Crippen LogP contribution in [0.15, 0.2) is 49.1 Å². The number of aromatic nitrogens is 4. The highest BCUT2D eigenvalue weighted by Gasteiger charge is 2.26. The molecule has 3 heterocycles. The van der Waals surface area contributed by atoms with Gasteiger partial charge in [-0.05, 0) is 37.1 Å². The molecule has 0 saturated carbocycles. The van der Waals surface area contributed by atoms with Gasteiger partial charge in [-0.25, -0.2) is 14.4 Å².